The summed E-state index contributed by atoms with van der Waals surface area (Å²) in [5.74, 6) is 0.936. The highest BCUT2D eigenvalue weighted by Gasteiger charge is 2.31. The third-order valence-corrected chi connectivity index (χ3v) is 4.42. The maximum absolute atomic E-state index is 5.86. The number of aryl methyl sites for hydroxylation is 1. The highest BCUT2D eigenvalue weighted by Crippen LogP contribution is 2.34. The van der Waals surface area contributed by atoms with Crippen LogP contribution in [0.4, 0.5) is 5.82 Å². The molecule has 0 spiro atoms. The van der Waals surface area contributed by atoms with Gasteiger partial charge in [0.05, 0.1) is 5.56 Å². The lowest BCUT2D eigenvalue weighted by Crippen LogP contribution is -2.29. The van der Waals surface area contributed by atoms with Crippen LogP contribution in [0.2, 0.25) is 0 Å². The molecule has 0 atom stereocenters. The third kappa shape index (κ3) is 2.83. The molecule has 0 bridgehead atoms. The summed E-state index contributed by atoms with van der Waals surface area (Å²) >= 11 is 6.91. The van der Waals surface area contributed by atoms with Crippen molar-refractivity contribution in [2.45, 2.75) is 32.4 Å². The monoisotopic (exact) mass is 303 g/mol. The minimum absolute atomic E-state index is 0.420. The fourth-order valence-corrected chi connectivity index (χ4v) is 3.12. The van der Waals surface area contributed by atoms with Gasteiger partial charge in [-0.05, 0) is 54.3 Å². The molecular formula is C15H17N3S2. The first-order valence-electron chi connectivity index (χ1n) is 6.70. The molecule has 2 N–H and O–H groups in total. The van der Waals surface area contributed by atoms with Crippen molar-refractivity contribution < 1.29 is 0 Å². The average Bonchev–Trinajstić information content (AvgIpc) is 3.12. The maximum atomic E-state index is 5.86. The smallest absolute Gasteiger partial charge is 0.139 e. The first-order chi connectivity index (χ1) is 9.65. The van der Waals surface area contributed by atoms with Gasteiger partial charge in [0.25, 0.3) is 0 Å². The molecular weight excluding hydrogens is 286 g/mol. The zero-order valence-corrected chi connectivity index (χ0v) is 13.0. The van der Waals surface area contributed by atoms with Crippen LogP contribution in [0.1, 0.15) is 29.7 Å². The molecule has 5 heteroatoms. The van der Waals surface area contributed by atoms with Crippen LogP contribution in [0.15, 0.2) is 29.0 Å². The number of hydrogen-bond donors (Lipinski definition) is 1. The summed E-state index contributed by atoms with van der Waals surface area (Å²) in [6, 6.07) is 6.68. The number of rotatable bonds is 5. The van der Waals surface area contributed by atoms with E-state index in [0.717, 1.165) is 23.6 Å². The average molecular weight is 303 g/mol. The van der Waals surface area contributed by atoms with E-state index in [0.29, 0.717) is 11.0 Å². The molecule has 104 valence electrons. The molecule has 0 aromatic carbocycles. The van der Waals surface area contributed by atoms with Gasteiger partial charge >= 0.3 is 0 Å². The molecule has 0 radical (unpaired) electrons. The molecule has 1 aliphatic rings. The number of thiocarbonyl (C=S) groups is 1. The van der Waals surface area contributed by atoms with Gasteiger partial charge in [0.2, 0.25) is 0 Å². The second-order valence-corrected chi connectivity index (χ2v) is 6.40. The SMILES string of the molecule is Cc1ccc(C(N)=S)c(N(Cc2ccsc2)C2CC2)n1. The van der Waals surface area contributed by atoms with Crippen molar-refractivity contribution in [3.63, 3.8) is 0 Å². The van der Waals surface area contributed by atoms with Crippen LogP contribution >= 0.6 is 23.6 Å². The summed E-state index contributed by atoms with van der Waals surface area (Å²) in [7, 11) is 0. The van der Waals surface area contributed by atoms with E-state index in [1.807, 2.05) is 19.1 Å². The van der Waals surface area contributed by atoms with Crippen LogP contribution in [0.5, 0.6) is 0 Å². The van der Waals surface area contributed by atoms with Gasteiger partial charge in [0, 0.05) is 18.3 Å². The largest absolute Gasteiger partial charge is 0.389 e. The van der Waals surface area contributed by atoms with Crippen LogP contribution in [-0.4, -0.2) is 16.0 Å². The van der Waals surface area contributed by atoms with E-state index in [2.05, 4.69) is 21.7 Å². The summed E-state index contributed by atoms with van der Waals surface area (Å²) in [6.07, 6.45) is 2.44. The van der Waals surface area contributed by atoms with E-state index in [9.17, 15) is 0 Å². The van der Waals surface area contributed by atoms with Gasteiger partial charge in [-0.2, -0.15) is 11.3 Å². The van der Waals surface area contributed by atoms with E-state index in [1.54, 1.807) is 11.3 Å². The van der Waals surface area contributed by atoms with Gasteiger partial charge in [0.1, 0.15) is 10.8 Å². The molecule has 0 saturated heterocycles. The first-order valence-corrected chi connectivity index (χ1v) is 8.05. The lowest BCUT2D eigenvalue weighted by molar-refractivity contribution is 0.776. The Balaban J connectivity index is 1.98. The van der Waals surface area contributed by atoms with Crippen LogP contribution < -0.4 is 10.6 Å². The van der Waals surface area contributed by atoms with Crippen molar-refractivity contribution in [1.29, 1.82) is 0 Å². The molecule has 2 heterocycles. The van der Waals surface area contributed by atoms with Crippen molar-refractivity contribution in [2.75, 3.05) is 4.90 Å². The third-order valence-electron chi connectivity index (χ3n) is 3.47. The number of anilines is 1. The normalized spacial score (nSPS) is 14.2. The second-order valence-electron chi connectivity index (χ2n) is 5.18. The van der Waals surface area contributed by atoms with Crippen LogP contribution in [0.25, 0.3) is 0 Å². The van der Waals surface area contributed by atoms with Gasteiger partial charge in [-0.3, -0.25) is 0 Å². The Hall–Kier alpha value is -1.46. The van der Waals surface area contributed by atoms with E-state index >= 15 is 0 Å². The minimum Gasteiger partial charge on any atom is -0.389 e. The highest BCUT2D eigenvalue weighted by molar-refractivity contribution is 7.80. The summed E-state index contributed by atoms with van der Waals surface area (Å²) in [5.41, 5.74) is 9.06. The Morgan fingerprint density at radius 2 is 2.25 bits per heavy atom. The molecule has 3 nitrogen and oxygen atoms in total. The van der Waals surface area contributed by atoms with E-state index < -0.39 is 0 Å². The Bertz CT molecular complexity index is 618. The predicted molar refractivity (Wildman–Crippen MR) is 88.4 cm³/mol. The maximum Gasteiger partial charge on any atom is 0.139 e. The Kier molecular flexibility index (Phi) is 3.72. The van der Waals surface area contributed by atoms with Crippen LogP contribution in [0.3, 0.4) is 0 Å². The quantitative estimate of drug-likeness (QED) is 0.861. The molecule has 1 saturated carbocycles. The molecule has 0 unspecified atom stereocenters. The van der Waals surface area contributed by atoms with Gasteiger partial charge in [-0.1, -0.05) is 12.2 Å². The number of pyridine rings is 1. The van der Waals surface area contributed by atoms with Gasteiger partial charge in [-0.25, -0.2) is 4.98 Å². The summed E-state index contributed by atoms with van der Waals surface area (Å²) in [5, 5.41) is 4.30. The van der Waals surface area contributed by atoms with Crippen molar-refractivity contribution in [1.82, 2.24) is 4.98 Å². The van der Waals surface area contributed by atoms with Crippen molar-refractivity contribution in [3.05, 3.63) is 45.8 Å². The summed E-state index contributed by atoms with van der Waals surface area (Å²) in [6.45, 7) is 2.88. The van der Waals surface area contributed by atoms with Crippen LogP contribution in [-0.2, 0) is 6.54 Å². The molecule has 20 heavy (non-hydrogen) atoms. The Morgan fingerprint density at radius 3 is 2.85 bits per heavy atom. The summed E-state index contributed by atoms with van der Waals surface area (Å²) < 4.78 is 0. The topological polar surface area (TPSA) is 42.1 Å². The molecule has 3 rings (SSSR count). The van der Waals surface area contributed by atoms with E-state index in [-0.39, 0.29) is 0 Å². The second kappa shape index (κ2) is 5.50. The zero-order chi connectivity index (χ0) is 14.1. The highest BCUT2D eigenvalue weighted by atomic mass is 32.1. The van der Waals surface area contributed by atoms with E-state index in [1.165, 1.54) is 18.4 Å². The van der Waals surface area contributed by atoms with E-state index in [4.69, 9.17) is 22.9 Å². The van der Waals surface area contributed by atoms with Gasteiger partial charge < -0.3 is 10.6 Å². The van der Waals surface area contributed by atoms with Gasteiger partial charge in [0.15, 0.2) is 0 Å². The summed E-state index contributed by atoms with van der Waals surface area (Å²) in [4.78, 5) is 7.47. The molecule has 1 fully saturated rings. The van der Waals surface area contributed by atoms with Crippen molar-refractivity contribution >= 4 is 34.4 Å². The van der Waals surface area contributed by atoms with Gasteiger partial charge in [-0.15, -0.1) is 0 Å². The Morgan fingerprint density at radius 1 is 1.45 bits per heavy atom. The van der Waals surface area contributed by atoms with Crippen molar-refractivity contribution in [2.24, 2.45) is 5.73 Å². The fraction of sp³-hybridized carbons (Fsp3) is 0.333. The van der Waals surface area contributed by atoms with Crippen molar-refractivity contribution in [3.8, 4) is 0 Å². The Labute approximate surface area is 128 Å². The molecule has 0 aliphatic heterocycles. The molecule has 2 aromatic rings. The zero-order valence-electron chi connectivity index (χ0n) is 11.4. The minimum atomic E-state index is 0.420. The molecule has 1 aliphatic carbocycles. The fourth-order valence-electron chi connectivity index (χ4n) is 2.30. The lowest BCUT2D eigenvalue weighted by Gasteiger charge is -2.25. The number of thiophene rings is 1. The van der Waals surface area contributed by atoms with Crippen LogP contribution in [0, 0.1) is 6.92 Å². The predicted octanol–water partition coefficient (Wildman–Crippen LogP) is 3.25. The molecule has 0 amide bonds. The lowest BCUT2D eigenvalue weighted by atomic mass is 10.2. The first kappa shape index (κ1) is 13.5. The number of hydrogen-bond acceptors (Lipinski definition) is 4. The molecule has 2 aromatic heterocycles. The standard InChI is InChI=1S/C15H17N3S2/c1-10-2-5-13(14(16)19)15(17-10)18(12-3-4-12)8-11-6-7-20-9-11/h2,5-7,9,12H,3-4,8H2,1H3,(H2,16,19). The number of nitrogens with zero attached hydrogens (tertiary/aromatic N) is 2. The number of aromatic nitrogens is 1. The number of nitrogens with two attached hydrogens (primary N) is 1.